The smallest absolute Gasteiger partial charge is 0.161 e. The Morgan fingerprint density at radius 3 is 0.985 bits per heavy atom. The standard InChI is InChI=1S/C56H62O10/c1-3-19-59-49-37-41-31-42(38-49)34-46-12-10-14-48-36-44-32-43(39-50(40-44)60-20-4-2)35-47-13-9-11-45(33-41)55(47)65-29-27-63-53-17-7-5-15-51(53)61-25-23-57-21-22-58-24-26-62-52-16-6-8-18-54(52)64-28-30-66-56(46)48/h5-18,31-32,37-40H,3-4,19-30,33-36H2,1-2H3. The van der Waals surface area contributed by atoms with Crippen LogP contribution < -0.4 is 37.9 Å². The Bertz CT molecular complexity index is 2210. The molecule has 2 heterocycles. The van der Waals surface area contributed by atoms with Crippen molar-refractivity contribution in [2.75, 3.05) is 79.3 Å². The molecule has 0 spiro atoms. The third kappa shape index (κ3) is 13.1. The first-order valence-corrected chi connectivity index (χ1v) is 23.4. The second-order valence-electron chi connectivity index (χ2n) is 16.4. The van der Waals surface area contributed by atoms with E-state index in [0.29, 0.717) is 128 Å². The van der Waals surface area contributed by atoms with Crippen LogP contribution in [0, 0.1) is 0 Å². The van der Waals surface area contributed by atoms with Gasteiger partial charge in [-0.2, -0.15) is 0 Å². The molecule has 0 saturated heterocycles. The Morgan fingerprint density at radius 2 is 0.652 bits per heavy atom. The van der Waals surface area contributed by atoms with Crippen molar-refractivity contribution in [3.8, 4) is 46.0 Å². The zero-order valence-corrected chi connectivity index (χ0v) is 38.4. The molecule has 10 nitrogen and oxygen atoms in total. The van der Waals surface area contributed by atoms with Gasteiger partial charge in [-0.3, -0.25) is 0 Å². The van der Waals surface area contributed by atoms with Crippen molar-refractivity contribution < 1.29 is 47.4 Å². The van der Waals surface area contributed by atoms with E-state index in [-0.39, 0.29) is 0 Å². The van der Waals surface area contributed by atoms with Crippen LogP contribution in [0.4, 0.5) is 0 Å². The van der Waals surface area contributed by atoms with Crippen LogP contribution in [0.25, 0.3) is 0 Å². The first kappa shape index (κ1) is 46.2. The number of benzene rings is 6. The first-order chi connectivity index (χ1) is 32.6. The van der Waals surface area contributed by atoms with E-state index in [1.165, 1.54) is 0 Å². The van der Waals surface area contributed by atoms with Gasteiger partial charge in [-0.25, -0.2) is 0 Å². The van der Waals surface area contributed by atoms with E-state index in [1.807, 2.05) is 48.5 Å². The van der Waals surface area contributed by atoms with Crippen LogP contribution in [-0.4, -0.2) is 79.3 Å². The molecule has 10 bridgehead atoms. The molecule has 6 aromatic rings. The van der Waals surface area contributed by atoms with Gasteiger partial charge in [-0.05, 0) is 106 Å². The number of fused-ring (bicyclic) bond motifs is 15. The van der Waals surface area contributed by atoms with Gasteiger partial charge < -0.3 is 47.4 Å². The van der Waals surface area contributed by atoms with Crippen molar-refractivity contribution in [3.63, 3.8) is 0 Å². The van der Waals surface area contributed by atoms with Gasteiger partial charge in [0.15, 0.2) is 23.0 Å². The molecule has 0 unspecified atom stereocenters. The van der Waals surface area contributed by atoms with Crippen LogP contribution in [-0.2, 0) is 35.2 Å². The summed E-state index contributed by atoms with van der Waals surface area (Å²) in [5, 5.41) is 0. The van der Waals surface area contributed by atoms with E-state index in [1.54, 1.807) is 0 Å². The highest BCUT2D eigenvalue weighted by Gasteiger charge is 2.19. The molecule has 346 valence electrons. The van der Waals surface area contributed by atoms with E-state index in [2.05, 4.69) is 86.6 Å². The third-order valence-corrected chi connectivity index (χ3v) is 11.1. The summed E-state index contributed by atoms with van der Waals surface area (Å²) in [7, 11) is 0. The summed E-state index contributed by atoms with van der Waals surface area (Å²) in [5.74, 6) is 6.00. The lowest BCUT2D eigenvalue weighted by Crippen LogP contribution is -2.15. The van der Waals surface area contributed by atoms with E-state index in [9.17, 15) is 0 Å². The highest BCUT2D eigenvalue weighted by molar-refractivity contribution is 5.52. The van der Waals surface area contributed by atoms with Crippen LogP contribution in [0.3, 0.4) is 0 Å². The molecule has 6 aromatic carbocycles. The van der Waals surface area contributed by atoms with E-state index >= 15 is 0 Å². The summed E-state index contributed by atoms with van der Waals surface area (Å²) >= 11 is 0. The van der Waals surface area contributed by atoms with Crippen LogP contribution in [0.1, 0.15) is 71.2 Å². The minimum Gasteiger partial charge on any atom is -0.494 e. The molecular weight excluding hydrogens is 833 g/mol. The molecule has 0 fully saturated rings. The fourth-order valence-corrected chi connectivity index (χ4v) is 8.27. The average Bonchev–Trinajstić information content (AvgIpc) is 3.32. The fourth-order valence-electron chi connectivity index (χ4n) is 8.27. The molecule has 0 atom stereocenters. The maximum absolute atomic E-state index is 6.80. The highest BCUT2D eigenvalue weighted by Crippen LogP contribution is 2.36. The quantitative estimate of drug-likeness (QED) is 0.150. The van der Waals surface area contributed by atoms with Gasteiger partial charge in [0, 0.05) is 25.7 Å². The van der Waals surface area contributed by atoms with Crippen molar-refractivity contribution in [3.05, 3.63) is 166 Å². The number of para-hydroxylation sites is 6. The van der Waals surface area contributed by atoms with Crippen LogP contribution in [0.5, 0.6) is 46.0 Å². The minimum atomic E-state index is 0.320. The molecule has 0 radical (unpaired) electrons. The van der Waals surface area contributed by atoms with Crippen LogP contribution >= 0.6 is 0 Å². The summed E-state index contributed by atoms with van der Waals surface area (Å²) < 4.78 is 62.7. The number of rotatable bonds is 6. The molecule has 0 N–H and O–H groups in total. The van der Waals surface area contributed by atoms with Crippen molar-refractivity contribution in [2.45, 2.75) is 52.4 Å². The molecule has 0 amide bonds. The lowest BCUT2D eigenvalue weighted by molar-refractivity contribution is 0.0267. The summed E-state index contributed by atoms with van der Waals surface area (Å²) in [5.41, 5.74) is 8.85. The van der Waals surface area contributed by atoms with E-state index < -0.39 is 0 Å². The maximum Gasteiger partial charge on any atom is 0.161 e. The number of hydrogen-bond donors (Lipinski definition) is 0. The van der Waals surface area contributed by atoms with Crippen molar-refractivity contribution in [1.82, 2.24) is 0 Å². The molecule has 0 saturated carbocycles. The normalized spacial score (nSPS) is 15.1. The molecule has 1 aliphatic carbocycles. The largest absolute Gasteiger partial charge is 0.494 e. The topological polar surface area (TPSA) is 92.3 Å². The Hall–Kier alpha value is -6.36. The Labute approximate surface area is 389 Å². The van der Waals surface area contributed by atoms with Gasteiger partial charge in [0.1, 0.15) is 62.6 Å². The highest BCUT2D eigenvalue weighted by atomic mass is 16.6. The van der Waals surface area contributed by atoms with Gasteiger partial charge in [-0.15, -0.1) is 0 Å². The molecule has 3 aliphatic rings. The zero-order valence-electron chi connectivity index (χ0n) is 38.4. The van der Waals surface area contributed by atoms with Gasteiger partial charge >= 0.3 is 0 Å². The van der Waals surface area contributed by atoms with Gasteiger partial charge in [0.05, 0.1) is 39.6 Å². The number of hydrogen-bond acceptors (Lipinski definition) is 10. The SMILES string of the molecule is CCCOc1cc2cc(c1)Cc1cccc3c1OCCOc1ccccc1OCCOCCOCCOc1ccccc1OCCOc1c(cccc1Cc1cc(cc(OCCC)c1)C3)C2. The predicted octanol–water partition coefficient (Wildman–Crippen LogP) is 10.7. The second kappa shape index (κ2) is 24.2. The lowest BCUT2D eigenvalue weighted by atomic mass is 9.92. The average molecular weight is 895 g/mol. The summed E-state index contributed by atoms with van der Waals surface area (Å²) in [4.78, 5) is 0. The van der Waals surface area contributed by atoms with E-state index in [4.69, 9.17) is 47.4 Å². The Kier molecular flexibility index (Phi) is 17.0. The van der Waals surface area contributed by atoms with Crippen molar-refractivity contribution in [2.24, 2.45) is 0 Å². The van der Waals surface area contributed by atoms with Gasteiger partial charge in [0.25, 0.3) is 0 Å². The molecule has 10 heteroatoms. The van der Waals surface area contributed by atoms with Crippen molar-refractivity contribution in [1.29, 1.82) is 0 Å². The van der Waals surface area contributed by atoms with Gasteiger partial charge in [0.2, 0.25) is 0 Å². The summed E-state index contributed by atoms with van der Waals surface area (Å²) in [6.07, 6.45) is 4.38. The van der Waals surface area contributed by atoms with Crippen molar-refractivity contribution >= 4 is 0 Å². The molecule has 0 aromatic heterocycles. The Morgan fingerprint density at radius 1 is 0.348 bits per heavy atom. The molecule has 2 aliphatic heterocycles. The molecule has 9 rings (SSSR count). The number of ether oxygens (including phenoxy) is 10. The monoisotopic (exact) mass is 894 g/mol. The fraction of sp³-hybridized carbons (Fsp3) is 0.357. The molecule has 66 heavy (non-hydrogen) atoms. The van der Waals surface area contributed by atoms with Gasteiger partial charge in [-0.1, -0.05) is 86.6 Å². The minimum absolute atomic E-state index is 0.320. The first-order valence-electron chi connectivity index (χ1n) is 23.4. The summed E-state index contributed by atoms with van der Waals surface area (Å²) in [6, 6.07) is 41.5. The summed E-state index contributed by atoms with van der Waals surface area (Å²) in [6.45, 7) is 9.22. The third-order valence-electron chi connectivity index (χ3n) is 11.1. The zero-order chi connectivity index (χ0) is 45.2. The maximum atomic E-state index is 6.80. The van der Waals surface area contributed by atoms with Crippen LogP contribution in [0.15, 0.2) is 121 Å². The van der Waals surface area contributed by atoms with Crippen LogP contribution in [0.2, 0.25) is 0 Å². The Balaban J connectivity index is 1.17. The predicted molar refractivity (Wildman–Crippen MR) is 256 cm³/mol. The lowest BCUT2D eigenvalue weighted by Gasteiger charge is -2.20. The second-order valence-corrected chi connectivity index (χ2v) is 16.4. The van der Waals surface area contributed by atoms with E-state index in [0.717, 1.165) is 80.3 Å². The molecular formula is C56H62O10.